The second-order valence-electron chi connectivity index (χ2n) is 5.04. The van der Waals surface area contributed by atoms with Gasteiger partial charge in [0, 0.05) is 24.4 Å². The first-order valence-corrected chi connectivity index (χ1v) is 6.55. The highest BCUT2D eigenvalue weighted by Crippen LogP contribution is 2.22. The van der Waals surface area contributed by atoms with Gasteiger partial charge in [-0.1, -0.05) is 18.2 Å². The SMILES string of the molecule is CC(C)(C)Oc1ccccc1CNC(=O)CCCl. The average molecular weight is 270 g/mol. The van der Waals surface area contributed by atoms with Gasteiger partial charge in [0.2, 0.25) is 5.91 Å². The molecule has 100 valence electrons. The van der Waals surface area contributed by atoms with Crippen molar-refractivity contribution in [3.05, 3.63) is 29.8 Å². The molecule has 0 radical (unpaired) electrons. The van der Waals surface area contributed by atoms with Crippen LogP contribution in [-0.2, 0) is 11.3 Å². The van der Waals surface area contributed by atoms with Crippen LogP contribution in [0.25, 0.3) is 0 Å². The normalized spacial score (nSPS) is 11.1. The second-order valence-corrected chi connectivity index (χ2v) is 5.42. The van der Waals surface area contributed by atoms with Crippen molar-refractivity contribution in [2.75, 3.05) is 5.88 Å². The number of para-hydroxylation sites is 1. The Balaban J connectivity index is 2.67. The van der Waals surface area contributed by atoms with Crippen LogP contribution in [0.3, 0.4) is 0 Å². The smallest absolute Gasteiger partial charge is 0.221 e. The molecule has 1 aromatic carbocycles. The fraction of sp³-hybridized carbons (Fsp3) is 0.500. The number of benzene rings is 1. The molecule has 0 saturated heterocycles. The predicted molar refractivity (Wildman–Crippen MR) is 74.0 cm³/mol. The van der Waals surface area contributed by atoms with Crippen molar-refractivity contribution in [3.8, 4) is 5.75 Å². The van der Waals surface area contributed by atoms with Crippen LogP contribution < -0.4 is 10.1 Å². The molecule has 3 nitrogen and oxygen atoms in total. The van der Waals surface area contributed by atoms with Crippen LogP contribution in [-0.4, -0.2) is 17.4 Å². The zero-order valence-corrected chi connectivity index (χ0v) is 11.9. The molecule has 0 aliphatic rings. The van der Waals surface area contributed by atoms with Crippen molar-refractivity contribution < 1.29 is 9.53 Å². The van der Waals surface area contributed by atoms with E-state index in [1.165, 1.54) is 0 Å². The first kappa shape index (κ1) is 14.8. The zero-order chi connectivity index (χ0) is 13.6. The number of carbonyl (C=O) groups excluding carboxylic acids is 1. The maximum absolute atomic E-state index is 11.4. The third-order valence-corrected chi connectivity index (χ3v) is 2.38. The van der Waals surface area contributed by atoms with Gasteiger partial charge in [0.25, 0.3) is 0 Å². The van der Waals surface area contributed by atoms with Gasteiger partial charge in [-0.2, -0.15) is 0 Å². The number of halogens is 1. The third kappa shape index (κ3) is 5.41. The Kier molecular flexibility index (Phi) is 5.48. The van der Waals surface area contributed by atoms with Crippen molar-refractivity contribution in [3.63, 3.8) is 0 Å². The largest absolute Gasteiger partial charge is 0.488 e. The van der Waals surface area contributed by atoms with E-state index < -0.39 is 0 Å². The summed E-state index contributed by atoms with van der Waals surface area (Å²) in [4.78, 5) is 11.4. The van der Waals surface area contributed by atoms with E-state index in [9.17, 15) is 4.79 Å². The average Bonchev–Trinajstić information content (AvgIpc) is 2.26. The molecule has 18 heavy (non-hydrogen) atoms. The molecular formula is C14H20ClNO2. The van der Waals surface area contributed by atoms with Crippen LogP contribution in [0.2, 0.25) is 0 Å². The molecule has 0 aliphatic heterocycles. The van der Waals surface area contributed by atoms with Crippen molar-refractivity contribution >= 4 is 17.5 Å². The summed E-state index contributed by atoms with van der Waals surface area (Å²) in [6.45, 7) is 6.45. The van der Waals surface area contributed by atoms with Gasteiger partial charge in [-0.25, -0.2) is 0 Å². The van der Waals surface area contributed by atoms with Gasteiger partial charge in [-0.15, -0.1) is 11.6 Å². The Labute approximate surface area is 113 Å². The molecule has 0 aromatic heterocycles. The van der Waals surface area contributed by atoms with E-state index in [1.54, 1.807) is 0 Å². The minimum absolute atomic E-state index is 0.0458. The van der Waals surface area contributed by atoms with Gasteiger partial charge in [0.05, 0.1) is 0 Å². The Morgan fingerprint density at radius 3 is 2.61 bits per heavy atom. The lowest BCUT2D eigenvalue weighted by atomic mass is 10.1. The van der Waals surface area contributed by atoms with Gasteiger partial charge < -0.3 is 10.1 Å². The highest BCUT2D eigenvalue weighted by Gasteiger charge is 2.14. The van der Waals surface area contributed by atoms with Gasteiger partial charge in [0.1, 0.15) is 11.4 Å². The molecule has 1 rings (SSSR count). The molecule has 4 heteroatoms. The molecule has 0 unspecified atom stereocenters. The van der Waals surface area contributed by atoms with Crippen molar-refractivity contribution in [2.45, 2.75) is 39.3 Å². The molecule has 1 amide bonds. The number of amides is 1. The first-order chi connectivity index (χ1) is 8.42. The van der Waals surface area contributed by atoms with E-state index >= 15 is 0 Å². The van der Waals surface area contributed by atoms with Gasteiger partial charge in [-0.05, 0) is 26.8 Å². The molecule has 0 fully saturated rings. The van der Waals surface area contributed by atoms with E-state index in [1.807, 2.05) is 45.0 Å². The summed E-state index contributed by atoms with van der Waals surface area (Å²) in [5.74, 6) is 1.10. The molecule has 0 atom stereocenters. The minimum Gasteiger partial charge on any atom is -0.488 e. The Bertz CT molecular complexity index is 399. The Morgan fingerprint density at radius 2 is 2.00 bits per heavy atom. The zero-order valence-electron chi connectivity index (χ0n) is 11.1. The highest BCUT2D eigenvalue weighted by atomic mass is 35.5. The maximum Gasteiger partial charge on any atom is 0.221 e. The summed E-state index contributed by atoms with van der Waals surface area (Å²) >= 11 is 5.51. The Hall–Kier alpha value is -1.22. The quantitative estimate of drug-likeness (QED) is 0.834. The van der Waals surface area contributed by atoms with E-state index in [0.717, 1.165) is 11.3 Å². The maximum atomic E-state index is 11.4. The van der Waals surface area contributed by atoms with Crippen molar-refractivity contribution in [2.24, 2.45) is 0 Å². The number of carbonyl (C=O) groups is 1. The van der Waals surface area contributed by atoms with Crippen LogP contribution in [0.1, 0.15) is 32.8 Å². The first-order valence-electron chi connectivity index (χ1n) is 6.02. The predicted octanol–water partition coefficient (Wildman–Crippen LogP) is 3.11. The number of ether oxygens (including phenoxy) is 1. The van der Waals surface area contributed by atoms with Gasteiger partial charge >= 0.3 is 0 Å². The topological polar surface area (TPSA) is 38.3 Å². The number of alkyl halides is 1. The fourth-order valence-electron chi connectivity index (χ4n) is 1.45. The van der Waals surface area contributed by atoms with E-state index in [2.05, 4.69) is 5.32 Å². The van der Waals surface area contributed by atoms with E-state index in [0.29, 0.717) is 18.8 Å². The summed E-state index contributed by atoms with van der Waals surface area (Å²) in [5, 5.41) is 2.82. The van der Waals surface area contributed by atoms with E-state index in [4.69, 9.17) is 16.3 Å². The number of rotatable bonds is 5. The third-order valence-electron chi connectivity index (χ3n) is 2.19. The summed E-state index contributed by atoms with van der Waals surface area (Å²) in [7, 11) is 0. The monoisotopic (exact) mass is 269 g/mol. The van der Waals surface area contributed by atoms with Crippen molar-refractivity contribution in [1.82, 2.24) is 5.32 Å². The highest BCUT2D eigenvalue weighted by molar-refractivity contribution is 6.18. The molecule has 1 aromatic rings. The summed E-state index contributed by atoms with van der Waals surface area (Å²) in [5.41, 5.74) is 0.714. The van der Waals surface area contributed by atoms with Crippen LogP contribution >= 0.6 is 11.6 Å². The molecule has 0 saturated carbocycles. The minimum atomic E-state index is -0.254. The second kappa shape index (κ2) is 6.64. The lowest BCUT2D eigenvalue weighted by Gasteiger charge is -2.23. The standard InChI is InChI=1S/C14H20ClNO2/c1-14(2,3)18-12-7-5-4-6-11(12)10-16-13(17)8-9-15/h4-7H,8-10H2,1-3H3,(H,16,17). The van der Waals surface area contributed by atoms with Gasteiger partial charge in [-0.3, -0.25) is 4.79 Å². The van der Waals surface area contributed by atoms with Crippen molar-refractivity contribution in [1.29, 1.82) is 0 Å². The molecule has 1 N–H and O–H groups in total. The number of hydrogen-bond donors (Lipinski definition) is 1. The van der Waals surface area contributed by atoms with Crippen LogP contribution in [0.4, 0.5) is 0 Å². The van der Waals surface area contributed by atoms with Crippen LogP contribution in [0.15, 0.2) is 24.3 Å². The molecule has 0 aliphatic carbocycles. The molecule has 0 bridgehead atoms. The Morgan fingerprint density at radius 1 is 1.33 bits per heavy atom. The van der Waals surface area contributed by atoms with Crippen LogP contribution in [0, 0.1) is 0 Å². The molecular weight excluding hydrogens is 250 g/mol. The molecule has 0 spiro atoms. The lowest BCUT2D eigenvalue weighted by Crippen LogP contribution is -2.26. The summed E-state index contributed by atoms with van der Waals surface area (Å²) in [6, 6.07) is 7.71. The summed E-state index contributed by atoms with van der Waals surface area (Å²) in [6.07, 6.45) is 0.337. The lowest BCUT2D eigenvalue weighted by molar-refractivity contribution is -0.120. The van der Waals surface area contributed by atoms with Crippen LogP contribution in [0.5, 0.6) is 5.75 Å². The fourth-order valence-corrected chi connectivity index (χ4v) is 1.62. The summed E-state index contributed by atoms with van der Waals surface area (Å²) < 4.78 is 5.85. The number of hydrogen-bond acceptors (Lipinski definition) is 2. The molecule has 0 heterocycles. The van der Waals surface area contributed by atoms with Gasteiger partial charge in [0.15, 0.2) is 0 Å². The number of nitrogens with one attached hydrogen (secondary N) is 1. The van der Waals surface area contributed by atoms with E-state index in [-0.39, 0.29) is 11.5 Å².